The summed E-state index contributed by atoms with van der Waals surface area (Å²) in [6.45, 7) is 0. The fourth-order valence-corrected chi connectivity index (χ4v) is 5.08. The van der Waals surface area contributed by atoms with Crippen molar-refractivity contribution in [2.45, 2.75) is 11.4 Å². The van der Waals surface area contributed by atoms with Crippen LogP contribution < -0.4 is 15.5 Å². The van der Waals surface area contributed by atoms with E-state index in [1.165, 1.54) is 11.8 Å². The molecule has 0 spiro atoms. The lowest BCUT2D eigenvalue weighted by Gasteiger charge is -2.13. The van der Waals surface area contributed by atoms with Crippen molar-refractivity contribution >= 4 is 53.3 Å². The Balaban J connectivity index is 1.28. The zero-order valence-corrected chi connectivity index (χ0v) is 17.3. The summed E-state index contributed by atoms with van der Waals surface area (Å²) >= 11 is 2.36. The molecule has 2 aromatic carbocycles. The Labute approximate surface area is 181 Å². The molecule has 0 aromatic heterocycles. The van der Waals surface area contributed by atoms with Crippen molar-refractivity contribution in [3.63, 3.8) is 0 Å². The van der Waals surface area contributed by atoms with E-state index in [1.54, 1.807) is 36.4 Å². The molecule has 2 unspecified atom stereocenters. The predicted molar refractivity (Wildman–Crippen MR) is 116 cm³/mol. The molecule has 2 N–H and O–H groups in total. The Morgan fingerprint density at radius 2 is 1.43 bits per heavy atom. The fraction of sp³-hybridized carbons (Fsp3) is 0.200. The first-order chi connectivity index (χ1) is 14.6. The Morgan fingerprint density at radius 3 is 2.13 bits per heavy atom. The molecule has 2 aliphatic rings. The molecule has 0 radical (unpaired) electrons. The normalized spacial score (nSPS) is 21.2. The number of amides is 6. The molecular weight excluding hydrogens is 424 g/mol. The van der Waals surface area contributed by atoms with E-state index in [0.29, 0.717) is 17.2 Å². The standard InChI is InChI=1S/C20H18N4O4S2/c25-17-15(13-7-3-1-4-8-13)21-20(28)24(17)30-12-11-29-16-18(26)23(19(27)22-16)14-9-5-2-6-10-14/h1-10,15-16H,11-12H2,(H,21,28)(H,22,27). The molecule has 2 saturated heterocycles. The number of rotatable bonds is 7. The second-order valence-electron chi connectivity index (χ2n) is 6.47. The van der Waals surface area contributed by atoms with Crippen molar-refractivity contribution < 1.29 is 19.2 Å². The van der Waals surface area contributed by atoms with Crippen LogP contribution in [0.15, 0.2) is 60.7 Å². The largest absolute Gasteiger partial charge is 0.335 e. The summed E-state index contributed by atoms with van der Waals surface area (Å²) in [5, 5.41) is 4.64. The first-order valence-electron chi connectivity index (χ1n) is 9.19. The van der Waals surface area contributed by atoms with Crippen molar-refractivity contribution in [2.75, 3.05) is 16.4 Å². The third kappa shape index (κ3) is 4.01. The van der Waals surface area contributed by atoms with Crippen molar-refractivity contribution in [3.8, 4) is 0 Å². The van der Waals surface area contributed by atoms with Crippen LogP contribution in [0.3, 0.4) is 0 Å². The lowest BCUT2D eigenvalue weighted by molar-refractivity contribution is -0.124. The molecule has 0 bridgehead atoms. The van der Waals surface area contributed by atoms with Gasteiger partial charge in [0.25, 0.3) is 11.8 Å². The monoisotopic (exact) mass is 442 g/mol. The number of nitrogens with one attached hydrogen (secondary N) is 2. The molecule has 2 aromatic rings. The summed E-state index contributed by atoms with van der Waals surface area (Å²) in [5.74, 6) is 0.245. The summed E-state index contributed by atoms with van der Waals surface area (Å²) in [6.07, 6.45) is 0. The van der Waals surface area contributed by atoms with Gasteiger partial charge in [0.15, 0.2) is 5.37 Å². The highest BCUT2D eigenvalue weighted by Gasteiger charge is 2.41. The highest BCUT2D eigenvalue weighted by Crippen LogP contribution is 2.29. The van der Waals surface area contributed by atoms with E-state index < -0.39 is 23.5 Å². The number of anilines is 1. The maximum absolute atomic E-state index is 12.6. The second kappa shape index (κ2) is 8.80. The van der Waals surface area contributed by atoms with Crippen molar-refractivity contribution in [2.24, 2.45) is 0 Å². The van der Waals surface area contributed by atoms with Gasteiger partial charge in [-0.3, -0.25) is 9.59 Å². The van der Waals surface area contributed by atoms with E-state index in [2.05, 4.69) is 10.6 Å². The summed E-state index contributed by atoms with van der Waals surface area (Å²) in [6, 6.07) is 16.2. The molecule has 154 valence electrons. The number of para-hydroxylation sites is 1. The first kappa shape index (κ1) is 20.3. The Morgan fingerprint density at radius 1 is 0.767 bits per heavy atom. The minimum Gasteiger partial charge on any atom is -0.321 e. The number of carbonyl (C=O) groups excluding carboxylic acids is 4. The summed E-state index contributed by atoms with van der Waals surface area (Å²) < 4.78 is 1.11. The molecule has 30 heavy (non-hydrogen) atoms. The van der Waals surface area contributed by atoms with Crippen molar-refractivity contribution in [1.82, 2.24) is 14.9 Å². The predicted octanol–water partition coefficient (Wildman–Crippen LogP) is 2.74. The molecule has 10 heteroatoms. The smallest absolute Gasteiger partial charge is 0.321 e. The summed E-state index contributed by atoms with van der Waals surface area (Å²) in [7, 11) is 0. The minimum atomic E-state index is -0.696. The zero-order valence-electron chi connectivity index (χ0n) is 15.7. The maximum atomic E-state index is 12.6. The molecule has 4 rings (SSSR count). The van der Waals surface area contributed by atoms with E-state index in [0.717, 1.165) is 26.7 Å². The minimum absolute atomic E-state index is 0.318. The number of hydrogen-bond acceptors (Lipinski definition) is 6. The number of nitrogens with zero attached hydrogens (tertiary/aromatic N) is 2. The van der Waals surface area contributed by atoms with Gasteiger partial charge in [-0.2, -0.15) is 0 Å². The lowest BCUT2D eigenvalue weighted by Crippen LogP contribution is -2.30. The van der Waals surface area contributed by atoms with Crippen LogP contribution in [0, 0.1) is 0 Å². The van der Waals surface area contributed by atoms with Gasteiger partial charge in [-0.1, -0.05) is 48.5 Å². The lowest BCUT2D eigenvalue weighted by atomic mass is 10.1. The SMILES string of the molecule is O=C1NC(c2ccccc2)C(=O)N1SCCSC1NC(=O)N(c2ccccc2)C1=O. The average Bonchev–Trinajstić information content (AvgIpc) is 3.21. The van der Waals surface area contributed by atoms with Gasteiger partial charge in [-0.05, 0) is 29.6 Å². The highest BCUT2D eigenvalue weighted by molar-refractivity contribution is 8.03. The van der Waals surface area contributed by atoms with Crippen LogP contribution >= 0.6 is 23.7 Å². The highest BCUT2D eigenvalue weighted by atomic mass is 32.2. The second-order valence-corrected chi connectivity index (χ2v) is 8.71. The van der Waals surface area contributed by atoms with E-state index >= 15 is 0 Å². The Bertz CT molecular complexity index is 973. The van der Waals surface area contributed by atoms with Crippen molar-refractivity contribution in [3.05, 3.63) is 66.2 Å². The van der Waals surface area contributed by atoms with Gasteiger partial charge >= 0.3 is 12.1 Å². The number of carbonyl (C=O) groups is 4. The van der Waals surface area contributed by atoms with Crippen LogP contribution in [0.4, 0.5) is 15.3 Å². The Kier molecular flexibility index (Phi) is 5.96. The van der Waals surface area contributed by atoms with Crippen LogP contribution in [0.25, 0.3) is 0 Å². The van der Waals surface area contributed by atoms with Crippen LogP contribution in [0.1, 0.15) is 11.6 Å². The Hall–Kier alpha value is -2.98. The van der Waals surface area contributed by atoms with Gasteiger partial charge in [-0.25, -0.2) is 18.8 Å². The molecule has 0 aliphatic carbocycles. The molecule has 8 nitrogen and oxygen atoms in total. The molecule has 6 amide bonds. The van der Waals surface area contributed by atoms with Gasteiger partial charge in [0.05, 0.1) is 5.69 Å². The van der Waals surface area contributed by atoms with E-state index in [-0.39, 0.29) is 11.8 Å². The number of thioether (sulfide) groups is 1. The molecule has 2 atom stereocenters. The topological polar surface area (TPSA) is 98.8 Å². The average molecular weight is 443 g/mol. The van der Waals surface area contributed by atoms with E-state index in [9.17, 15) is 19.2 Å². The summed E-state index contributed by atoms with van der Waals surface area (Å²) in [4.78, 5) is 50.6. The number of urea groups is 2. The molecule has 2 aliphatic heterocycles. The molecule has 2 heterocycles. The molecule has 0 saturated carbocycles. The molecule has 2 fully saturated rings. The van der Waals surface area contributed by atoms with E-state index in [1.807, 2.05) is 24.3 Å². The fourth-order valence-electron chi connectivity index (χ4n) is 3.14. The maximum Gasteiger partial charge on any atom is 0.335 e. The van der Waals surface area contributed by atoms with Gasteiger partial charge in [0.2, 0.25) is 0 Å². The number of imide groups is 2. The van der Waals surface area contributed by atoms with Crippen LogP contribution in [0.2, 0.25) is 0 Å². The third-order valence-electron chi connectivity index (χ3n) is 4.54. The van der Waals surface area contributed by atoms with Crippen LogP contribution in [0.5, 0.6) is 0 Å². The van der Waals surface area contributed by atoms with Gasteiger partial charge in [0.1, 0.15) is 6.04 Å². The van der Waals surface area contributed by atoms with E-state index in [4.69, 9.17) is 0 Å². The van der Waals surface area contributed by atoms with Crippen LogP contribution in [-0.4, -0.2) is 45.1 Å². The van der Waals surface area contributed by atoms with Gasteiger partial charge < -0.3 is 10.6 Å². The first-order valence-corrected chi connectivity index (χ1v) is 11.2. The third-order valence-corrected chi connectivity index (χ3v) is 6.88. The van der Waals surface area contributed by atoms with Crippen LogP contribution in [-0.2, 0) is 9.59 Å². The quantitative estimate of drug-likeness (QED) is 0.389. The van der Waals surface area contributed by atoms with Gasteiger partial charge in [-0.15, -0.1) is 11.8 Å². The van der Waals surface area contributed by atoms with Gasteiger partial charge in [0, 0.05) is 11.5 Å². The molecular formula is C20H18N4O4S2. The van der Waals surface area contributed by atoms with Crippen molar-refractivity contribution in [1.29, 1.82) is 0 Å². The number of benzene rings is 2. The summed E-state index contributed by atoms with van der Waals surface area (Å²) in [5.41, 5.74) is 1.25. The number of hydrogen-bond donors (Lipinski definition) is 2. The zero-order chi connectivity index (χ0) is 21.1.